The third-order valence-corrected chi connectivity index (χ3v) is 4.83. The first-order valence-electron chi connectivity index (χ1n) is 7.22. The summed E-state index contributed by atoms with van der Waals surface area (Å²) < 4.78 is 41.0. The molecule has 0 aliphatic heterocycles. The number of hydrogen-bond donors (Lipinski definition) is 1. The van der Waals surface area contributed by atoms with Crippen LogP contribution >= 0.6 is 27.5 Å². The molecule has 0 aliphatic rings. The summed E-state index contributed by atoms with van der Waals surface area (Å²) in [5.74, 6) is -1.72. The fourth-order valence-electron chi connectivity index (χ4n) is 2.25. The van der Waals surface area contributed by atoms with Crippen molar-refractivity contribution in [3.05, 3.63) is 74.2 Å². The van der Waals surface area contributed by atoms with Crippen molar-refractivity contribution in [1.29, 1.82) is 0 Å². The van der Waals surface area contributed by atoms with Crippen LogP contribution in [0.15, 0.2) is 46.9 Å². The monoisotopic (exact) mass is 417 g/mol. The van der Waals surface area contributed by atoms with Crippen LogP contribution in [-0.2, 0) is 6.54 Å². The van der Waals surface area contributed by atoms with Crippen LogP contribution in [0.25, 0.3) is 6.08 Å². The molecule has 2 N–H and O–H groups in total. The van der Waals surface area contributed by atoms with E-state index in [1.165, 1.54) is 18.2 Å². The summed E-state index contributed by atoms with van der Waals surface area (Å²) in [6.07, 6.45) is -1.80. The summed E-state index contributed by atoms with van der Waals surface area (Å²) in [5, 5.41) is 0.324. The fraction of sp³-hybridized carbons (Fsp3) is 0.222. The van der Waals surface area contributed by atoms with Gasteiger partial charge in [-0.2, -0.15) is 13.2 Å². The van der Waals surface area contributed by atoms with Gasteiger partial charge in [0.1, 0.15) is 0 Å². The van der Waals surface area contributed by atoms with Gasteiger partial charge >= 0.3 is 6.18 Å². The standard InChI is InChI=1S/C18H16BrClF3N/c1-11-2-5-13(9-17(11)20)15(18(21,22)23)7-4-12-3-6-14(10-24)16(19)8-12/h2-9,15H,10,24H2,1H3/b7-4+. The summed E-state index contributed by atoms with van der Waals surface area (Å²) in [6, 6.07) is 9.68. The highest BCUT2D eigenvalue weighted by atomic mass is 79.9. The molecule has 1 atom stereocenters. The van der Waals surface area contributed by atoms with Gasteiger partial charge in [-0.1, -0.05) is 63.9 Å². The minimum Gasteiger partial charge on any atom is -0.326 e. The van der Waals surface area contributed by atoms with Crippen LogP contribution < -0.4 is 5.73 Å². The molecular weight excluding hydrogens is 403 g/mol. The molecule has 0 saturated carbocycles. The van der Waals surface area contributed by atoms with E-state index in [4.69, 9.17) is 17.3 Å². The molecule has 0 radical (unpaired) electrons. The number of nitrogens with two attached hydrogens (primary N) is 1. The molecule has 0 heterocycles. The summed E-state index contributed by atoms with van der Waals surface area (Å²) in [4.78, 5) is 0. The molecule has 2 aromatic carbocycles. The van der Waals surface area contributed by atoms with Gasteiger partial charge < -0.3 is 5.73 Å². The summed E-state index contributed by atoms with van der Waals surface area (Å²) in [5.41, 5.74) is 7.99. The lowest BCUT2D eigenvalue weighted by atomic mass is 9.96. The highest BCUT2D eigenvalue weighted by molar-refractivity contribution is 9.10. The Morgan fingerprint density at radius 2 is 1.92 bits per heavy atom. The minimum absolute atomic E-state index is 0.118. The predicted molar refractivity (Wildman–Crippen MR) is 96.1 cm³/mol. The van der Waals surface area contributed by atoms with Crippen molar-refractivity contribution in [3.8, 4) is 0 Å². The van der Waals surface area contributed by atoms with E-state index < -0.39 is 12.1 Å². The molecule has 0 fully saturated rings. The van der Waals surface area contributed by atoms with E-state index in [0.29, 0.717) is 17.1 Å². The first kappa shape index (κ1) is 19.0. The van der Waals surface area contributed by atoms with Gasteiger partial charge in [-0.3, -0.25) is 0 Å². The summed E-state index contributed by atoms with van der Waals surface area (Å²) in [6.45, 7) is 2.11. The largest absolute Gasteiger partial charge is 0.399 e. The number of allylic oxidation sites excluding steroid dienone is 1. The summed E-state index contributed by atoms with van der Waals surface area (Å²) >= 11 is 9.33. The van der Waals surface area contributed by atoms with E-state index in [9.17, 15) is 13.2 Å². The number of hydrogen-bond acceptors (Lipinski definition) is 1. The van der Waals surface area contributed by atoms with Crippen molar-refractivity contribution in [2.24, 2.45) is 5.73 Å². The van der Waals surface area contributed by atoms with Gasteiger partial charge in [0.25, 0.3) is 0 Å². The number of alkyl halides is 3. The normalized spacial score (nSPS) is 13.5. The van der Waals surface area contributed by atoms with Gasteiger partial charge in [-0.25, -0.2) is 0 Å². The van der Waals surface area contributed by atoms with E-state index in [-0.39, 0.29) is 5.56 Å². The van der Waals surface area contributed by atoms with E-state index in [1.807, 2.05) is 0 Å². The maximum absolute atomic E-state index is 13.4. The average Bonchev–Trinajstić information content (AvgIpc) is 2.50. The van der Waals surface area contributed by atoms with Crippen molar-refractivity contribution >= 4 is 33.6 Å². The quantitative estimate of drug-likeness (QED) is 0.626. The highest BCUT2D eigenvalue weighted by Crippen LogP contribution is 2.37. The van der Waals surface area contributed by atoms with E-state index in [0.717, 1.165) is 21.7 Å². The third-order valence-electron chi connectivity index (χ3n) is 3.69. The molecule has 0 aromatic heterocycles. The average molecular weight is 419 g/mol. The molecule has 0 spiro atoms. The van der Waals surface area contributed by atoms with Crippen molar-refractivity contribution in [2.75, 3.05) is 0 Å². The molecule has 24 heavy (non-hydrogen) atoms. The SMILES string of the molecule is Cc1ccc(C(/C=C/c2ccc(CN)c(Br)c2)C(F)(F)F)cc1Cl. The molecule has 0 saturated heterocycles. The third kappa shape index (κ3) is 4.62. The lowest BCUT2D eigenvalue weighted by Gasteiger charge is -2.18. The van der Waals surface area contributed by atoms with Gasteiger partial charge in [0, 0.05) is 16.0 Å². The van der Waals surface area contributed by atoms with Crippen molar-refractivity contribution < 1.29 is 13.2 Å². The minimum atomic E-state index is -4.40. The van der Waals surface area contributed by atoms with Crippen LogP contribution in [0.2, 0.25) is 5.02 Å². The zero-order valence-electron chi connectivity index (χ0n) is 12.9. The maximum atomic E-state index is 13.4. The van der Waals surface area contributed by atoms with Crippen LogP contribution in [0.4, 0.5) is 13.2 Å². The van der Waals surface area contributed by atoms with Crippen molar-refractivity contribution in [1.82, 2.24) is 0 Å². The Balaban J connectivity index is 2.36. The Bertz CT molecular complexity index is 756. The molecule has 0 bridgehead atoms. The van der Waals surface area contributed by atoms with Gasteiger partial charge in [-0.15, -0.1) is 0 Å². The van der Waals surface area contributed by atoms with Crippen LogP contribution in [0.5, 0.6) is 0 Å². The molecule has 128 valence electrons. The molecule has 0 aliphatic carbocycles. The maximum Gasteiger partial charge on any atom is 0.399 e. The zero-order chi connectivity index (χ0) is 17.9. The van der Waals surface area contributed by atoms with Crippen LogP contribution in [0.3, 0.4) is 0 Å². The van der Waals surface area contributed by atoms with Gasteiger partial charge in [-0.05, 0) is 41.3 Å². The highest BCUT2D eigenvalue weighted by Gasteiger charge is 2.39. The number of rotatable bonds is 4. The number of halogens is 5. The number of aryl methyl sites for hydroxylation is 1. The Hall–Kier alpha value is -1.30. The van der Waals surface area contributed by atoms with Crippen LogP contribution in [0.1, 0.15) is 28.2 Å². The molecular formula is C18H16BrClF3N. The first-order chi connectivity index (χ1) is 11.2. The Labute approximate surface area is 152 Å². The molecule has 2 rings (SSSR count). The molecule has 6 heteroatoms. The van der Waals surface area contributed by atoms with Gasteiger partial charge in [0.15, 0.2) is 0 Å². The second-order valence-corrected chi connectivity index (χ2v) is 6.70. The van der Waals surface area contributed by atoms with Crippen LogP contribution in [-0.4, -0.2) is 6.18 Å². The predicted octanol–water partition coefficient (Wildman–Crippen LogP) is 6.23. The van der Waals surface area contributed by atoms with Crippen molar-refractivity contribution in [2.45, 2.75) is 25.6 Å². The van der Waals surface area contributed by atoms with E-state index in [1.54, 1.807) is 31.2 Å². The van der Waals surface area contributed by atoms with Crippen LogP contribution in [0, 0.1) is 6.92 Å². The zero-order valence-corrected chi connectivity index (χ0v) is 15.2. The second-order valence-electron chi connectivity index (χ2n) is 5.44. The molecule has 2 aromatic rings. The van der Waals surface area contributed by atoms with E-state index in [2.05, 4.69) is 15.9 Å². The molecule has 1 unspecified atom stereocenters. The van der Waals surface area contributed by atoms with Gasteiger partial charge in [0.05, 0.1) is 5.92 Å². The van der Waals surface area contributed by atoms with Crippen molar-refractivity contribution in [3.63, 3.8) is 0 Å². The molecule has 1 nitrogen and oxygen atoms in total. The Morgan fingerprint density at radius 1 is 1.21 bits per heavy atom. The summed E-state index contributed by atoms with van der Waals surface area (Å²) in [7, 11) is 0. The fourth-order valence-corrected chi connectivity index (χ4v) is 3.00. The second kappa shape index (κ2) is 7.72. The lowest BCUT2D eigenvalue weighted by molar-refractivity contribution is -0.139. The molecule has 0 amide bonds. The Kier molecular flexibility index (Phi) is 6.12. The first-order valence-corrected chi connectivity index (χ1v) is 8.39. The Morgan fingerprint density at radius 3 is 2.46 bits per heavy atom. The lowest BCUT2D eigenvalue weighted by Crippen LogP contribution is -2.18. The topological polar surface area (TPSA) is 26.0 Å². The van der Waals surface area contributed by atoms with Gasteiger partial charge in [0.2, 0.25) is 0 Å². The number of benzene rings is 2. The smallest absolute Gasteiger partial charge is 0.326 e. The van der Waals surface area contributed by atoms with E-state index >= 15 is 0 Å².